The fourth-order valence-electron chi connectivity index (χ4n) is 2.22. The highest BCUT2D eigenvalue weighted by Gasteiger charge is 2.43. The van der Waals surface area contributed by atoms with Crippen LogP contribution in [0.25, 0.3) is 0 Å². The fraction of sp³-hybridized carbons (Fsp3) is 0.467. The Morgan fingerprint density at radius 1 is 1.55 bits per heavy atom. The predicted molar refractivity (Wildman–Crippen MR) is 76.6 cm³/mol. The molecule has 20 heavy (non-hydrogen) atoms. The number of hydrogen-bond donors (Lipinski definition) is 0. The largest absolute Gasteiger partial charge is 0.484 e. The normalized spacial score (nSPS) is 15.9. The lowest BCUT2D eigenvalue weighted by Crippen LogP contribution is -2.54. The van der Waals surface area contributed by atoms with Gasteiger partial charge in [-0.2, -0.15) is 5.26 Å². The number of amides is 1. The minimum atomic E-state index is -0.629. The summed E-state index contributed by atoms with van der Waals surface area (Å²) < 4.78 is 5.47. The van der Waals surface area contributed by atoms with Crippen molar-refractivity contribution in [2.45, 2.75) is 31.7 Å². The molecule has 1 amide bonds. The molecule has 1 aliphatic carbocycles. The minimum absolute atomic E-state index is 0.0685. The van der Waals surface area contributed by atoms with E-state index in [1.807, 2.05) is 6.92 Å². The van der Waals surface area contributed by atoms with Crippen LogP contribution < -0.4 is 4.74 Å². The predicted octanol–water partition coefficient (Wildman–Crippen LogP) is 2.93. The van der Waals surface area contributed by atoms with Crippen LogP contribution in [0.2, 0.25) is 5.02 Å². The number of halogens is 1. The number of benzene rings is 1. The standard InChI is InChI=1S/C15H17ClN2O2/c1-11-8-12(4-5-13(11)16)20-9-14(19)18(2)15(10-17)6-3-7-15/h4-5,8H,3,6-7,9H2,1-2H3. The highest BCUT2D eigenvalue weighted by atomic mass is 35.5. The molecule has 0 bridgehead atoms. The second-order valence-corrected chi connectivity index (χ2v) is 5.56. The molecule has 106 valence electrons. The zero-order chi connectivity index (χ0) is 14.8. The summed E-state index contributed by atoms with van der Waals surface area (Å²) in [5.74, 6) is 0.423. The summed E-state index contributed by atoms with van der Waals surface area (Å²) >= 11 is 5.93. The van der Waals surface area contributed by atoms with Gasteiger partial charge in [-0.15, -0.1) is 0 Å². The van der Waals surface area contributed by atoms with Gasteiger partial charge in [-0.3, -0.25) is 4.79 Å². The Hall–Kier alpha value is -1.73. The third-order valence-electron chi connectivity index (χ3n) is 3.90. The Bertz CT molecular complexity index is 561. The lowest BCUT2D eigenvalue weighted by Gasteiger charge is -2.42. The molecule has 4 nitrogen and oxygen atoms in total. The van der Waals surface area contributed by atoms with Crippen LogP contribution in [0, 0.1) is 18.3 Å². The first-order valence-corrected chi connectivity index (χ1v) is 6.93. The van der Waals surface area contributed by atoms with Crippen molar-refractivity contribution in [3.05, 3.63) is 28.8 Å². The van der Waals surface area contributed by atoms with Crippen molar-refractivity contribution >= 4 is 17.5 Å². The zero-order valence-corrected chi connectivity index (χ0v) is 12.4. The van der Waals surface area contributed by atoms with Crippen LogP contribution in [0.4, 0.5) is 0 Å². The quantitative estimate of drug-likeness (QED) is 0.857. The number of ether oxygens (including phenoxy) is 1. The van der Waals surface area contributed by atoms with Crippen molar-refractivity contribution in [2.24, 2.45) is 0 Å². The van der Waals surface area contributed by atoms with Crippen molar-refractivity contribution in [1.29, 1.82) is 5.26 Å². The Morgan fingerprint density at radius 2 is 2.25 bits per heavy atom. The van der Waals surface area contributed by atoms with Crippen LogP contribution in [-0.2, 0) is 4.79 Å². The highest BCUT2D eigenvalue weighted by Crippen LogP contribution is 2.36. The fourth-order valence-corrected chi connectivity index (χ4v) is 2.34. The molecule has 0 saturated heterocycles. The molecule has 0 radical (unpaired) electrons. The van der Waals surface area contributed by atoms with Crippen LogP contribution in [0.15, 0.2) is 18.2 Å². The Kier molecular flexibility index (Phi) is 4.20. The van der Waals surface area contributed by atoms with E-state index in [0.29, 0.717) is 10.8 Å². The zero-order valence-electron chi connectivity index (χ0n) is 11.6. The third kappa shape index (κ3) is 2.73. The summed E-state index contributed by atoms with van der Waals surface area (Å²) in [5, 5.41) is 9.87. The maximum absolute atomic E-state index is 12.1. The van der Waals surface area contributed by atoms with E-state index in [1.54, 1.807) is 25.2 Å². The van der Waals surface area contributed by atoms with E-state index in [4.69, 9.17) is 16.3 Å². The molecule has 1 fully saturated rings. The van der Waals surface area contributed by atoms with Crippen LogP contribution in [0.5, 0.6) is 5.75 Å². The third-order valence-corrected chi connectivity index (χ3v) is 4.32. The van der Waals surface area contributed by atoms with E-state index in [9.17, 15) is 10.1 Å². The molecule has 0 atom stereocenters. The molecule has 0 N–H and O–H groups in total. The molecule has 0 heterocycles. The maximum Gasteiger partial charge on any atom is 0.261 e. The molecule has 1 aromatic rings. The Balaban J connectivity index is 1.95. The van der Waals surface area contributed by atoms with Gasteiger partial charge in [-0.1, -0.05) is 11.6 Å². The van der Waals surface area contributed by atoms with Gasteiger partial charge in [-0.25, -0.2) is 0 Å². The number of carbonyl (C=O) groups excluding carboxylic acids is 1. The van der Waals surface area contributed by atoms with Crippen molar-refractivity contribution < 1.29 is 9.53 Å². The number of likely N-dealkylation sites (N-methyl/N-ethyl adjacent to an activating group) is 1. The van der Waals surface area contributed by atoms with Gasteiger partial charge in [0.2, 0.25) is 0 Å². The number of nitrogens with zero attached hydrogens (tertiary/aromatic N) is 2. The van der Waals surface area contributed by atoms with Gasteiger partial charge in [0.05, 0.1) is 6.07 Å². The molecule has 5 heteroatoms. The molecule has 0 spiro atoms. The average Bonchev–Trinajstić information content (AvgIpc) is 2.39. The first-order valence-electron chi connectivity index (χ1n) is 6.55. The van der Waals surface area contributed by atoms with Crippen molar-refractivity contribution in [3.63, 3.8) is 0 Å². The Labute approximate surface area is 123 Å². The van der Waals surface area contributed by atoms with Gasteiger partial charge in [-0.05, 0) is 49.9 Å². The lowest BCUT2D eigenvalue weighted by molar-refractivity contribution is -0.138. The van der Waals surface area contributed by atoms with E-state index < -0.39 is 5.54 Å². The monoisotopic (exact) mass is 292 g/mol. The maximum atomic E-state index is 12.1. The second kappa shape index (κ2) is 5.72. The number of carbonyl (C=O) groups is 1. The van der Waals surface area contributed by atoms with Gasteiger partial charge in [0.1, 0.15) is 11.3 Å². The molecule has 1 aromatic carbocycles. The topological polar surface area (TPSA) is 53.3 Å². The van der Waals surface area contributed by atoms with E-state index in [2.05, 4.69) is 6.07 Å². The SMILES string of the molecule is Cc1cc(OCC(=O)N(C)C2(C#N)CCC2)ccc1Cl. The van der Waals surface area contributed by atoms with Crippen LogP contribution in [-0.4, -0.2) is 30.0 Å². The van der Waals surface area contributed by atoms with Crippen LogP contribution in [0.1, 0.15) is 24.8 Å². The van der Waals surface area contributed by atoms with Gasteiger partial charge in [0.15, 0.2) is 6.61 Å². The number of rotatable bonds is 4. The molecule has 0 aromatic heterocycles. The summed E-state index contributed by atoms with van der Waals surface area (Å²) in [7, 11) is 1.67. The number of aryl methyl sites for hydroxylation is 1. The number of hydrogen-bond acceptors (Lipinski definition) is 3. The van der Waals surface area contributed by atoms with E-state index >= 15 is 0 Å². The smallest absolute Gasteiger partial charge is 0.261 e. The first-order chi connectivity index (χ1) is 9.48. The molecule has 0 unspecified atom stereocenters. The van der Waals surface area contributed by atoms with Gasteiger partial charge in [0.25, 0.3) is 5.91 Å². The van der Waals surface area contributed by atoms with E-state index in [-0.39, 0.29) is 12.5 Å². The van der Waals surface area contributed by atoms with Crippen molar-refractivity contribution in [2.75, 3.05) is 13.7 Å². The molecule has 0 aliphatic heterocycles. The lowest BCUT2D eigenvalue weighted by atomic mass is 9.77. The summed E-state index contributed by atoms with van der Waals surface area (Å²) in [6.45, 7) is 1.81. The van der Waals surface area contributed by atoms with E-state index in [1.165, 1.54) is 4.90 Å². The molecule has 1 saturated carbocycles. The van der Waals surface area contributed by atoms with Crippen LogP contribution >= 0.6 is 11.6 Å². The molecular formula is C15H17ClN2O2. The minimum Gasteiger partial charge on any atom is -0.484 e. The average molecular weight is 293 g/mol. The van der Waals surface area contributed by atoms with Gasteiger partial charge < -0.3 is 9.64 Å². The second-order valence-electron chi connectivity index (χ2n) is 5.15. The van der Waals surface area contributed by atoms with Gasteiger partial charge in [0, 0.05) is 12.1 Å². The highest BCUT2D eigenvalue weighted by molar-refractivity contribution is 6.31. The summed E-state index contributed by atoms with van der Waals surface area (Å²) in [4.78, 5) is 13.6. The number of nitriles is 1. The van der Waals surface area contributed by atoms with Crippen molar-refractivity contribution in [1.82, 2.24) is 4.90 Å². The van der Waals surface area contributed by atoms with Gasteiger partial charge >= 0.3 is 0 Å². The first kappa shape index (κ1) is 14.7. The van der Waals surface area contributed by atoms with Crippen LogP contribution in [0.3, 0.4) is 0 Å². The van der Waals surface area contributed by atoms with Crippen molar-refractivity contribution in [3.8, 4) is 11.8 Å². The molecular weight excluding hydrogens is 276 g/mol. The van der Waals surface area contributed by atoms with E-state index in [0.717, 1.165) is 24.8 Å². The summed E-state index contributed by atoms with van der Waals surface area (Å²) in [6.07, 6.45) is 2.47. The Morgan fingerprint density at radius 3 is 2.75 bits per heavy atom. The summed E-state index contributed by atoms with van der Waals surface area (Å²) in [5.41, 5.74) is 0.272. The summed E-state index contributed by atoms with van der Waals surface area (Å²) in [6, 6.07) is 7.50. The molecule has 2 rings (SSSR count). The molecule has 1 aliphatic rings.